The van der Waals surface area contributed by atoms with Crippen molar-refractivity contribution in [1.29, 1.82) is 0 Å². The monoisotopic (exact) mass is 696 g/mol. The number of fused-ring (bicyclic) bond motifs is 2. The lowest BCUT2D eigenvalue weighted by molar-refractivity contribution is 0.522. The summed E-state index contributed by atoms with van der Waals surface area (Å²) in [7, 11) is -2.46. The standard InChI is InChI=1S/C44H44O2S2Si/c1-23-11-13-25(3)31(19-23)39-29(7)47-41-35(39)21-33(37-17-15-27(5)45-37)43(41)49(9,10)44-34(38-18-16-28(6)46-38)22-36-40(30(8)48-42(36)44)32-20-24(2)12-14-26(32)4/h11-22,29-30H,1-10H3. The van der Waals surface area contributed by atoms with Gasteiger partial charge in [-0.25, -0.2) is 0 Å². The third-order valence-electron chi connectivity index (χ3n) is 10.7. The minimum Gasteiger partial charge on any atom is -0.461 e. The molecule has 49 heavy (non-hydrogen) atoms. The lowest BCUT2D eigenvalue weighted by Gasteiger charge is -2.31. The van der Waals surface area contributed by atoms with Crippen LogP contribution < -0.4 is 0 Å². The van der Waals surface area contributed by atoms with Crippen LogP contribution in [0.5, 0.6) is 0 Å². The van der Waals surface area contributed by atoms with Crippen LogP contribution >= 0.6 is 23.5 Å². The highest BCUT2D eigenvalue weighted by atomic mass is 32.2. The number of rotatable bonds is 6. The molecule has 0 fully saturated rings. The van der Waals surface area contributed by atoms with Crippen molar-refractivity contribution in [2.45, 2.75) is 79.0 Å². The van der Waals surface area contributed by atoms with Crippen molar-refractivity contribution in [2.75, 3.05) is 0 Å². The molecular weight excluding hydrogens is 653 g/mol. The predicted molar refractivity (Wildman–Crippen MR) is 214 cm³/mol. The molecule has 2 atom stereocenters. The van der Waals surface area contributed by atoms with E-state index < -0.39 is 8.07 Å². The maximum atomic E-state index is 6.47. The van der Waals surface area contributed by atoms with Gasteiger partial charge in [0.2, 0.25) is 0 Å². The Kier molecular flexibility index (Phi) is 7.78. The van der Waals surface area contributed by atoms with Gasteiger partial charge in [0.15, 0.2) is 0 Å². The maximum absolute atomic E-state index is 6.47. The number of allylic oxidation sites excluding steroid dienone is 8. The molecular formula is C44H44O2S2Si. The second-order valence-corrected chi connectivity index (χ2v) is 21.7. The van der Waals surface area contributed by atoms with Gasteiger partial charge in [-0.15, -0.1) is 23.5 Å². The molecule has 0 amide bonds. The molecule has 5 heteroatoms. The van der Waals surface area contributed by atoms with E-state index in [0.29, 0.717) is 10.5 Å². The van der Waals surface area contributed by atoms with Crippen molar-refractivity contribution in [3.8, 4) is 0 Å². The molecule has 8 rings (SSSR count). The molecule has 0 N–H and O–H groups in total. The number of hydrogen-bond acceptors (Lipinski definition) is 4. The van der Waals surface area contributed by atoms with E-state index in [-0.39, 0.29) is 0 Å². The van der Waals surface area contributed by atoms with Crippen LogP contribution in [0.1, 0.15) is 70.3 Å². The van der Waals surface area contributed by atoms with Crippen LogP contribution in [0.3, 0.4) is 0 Å². The van der Waals surface area contributed by atoms with Gasteiger partial charge in [0.05, 0.1) is 0 Å². The maximum Gasteiger partial charge on any atom is 0.134 e. The molecule has 4 heterocycles. The fourth-order valence-electron chi connectivity index (χ4n) is 8.33. The lowest BCUT2D eigenvalue weighted by atomic mass is 9.93. The quantitative estimate of drug-likeness (QED) is 0.188. The van der Waals surface area contributed by atoms with E-state index in [1.165, 1.54) is 87.0 Å². The van der Waals surface area contributed by atoms with E-state index in [2.05, 4.69) is 141 Å². The molecule has 0 bridgehead atoms. The second-order valence-electron chi connectivity index (χ2n) is 14.8. The Labute approximate surface area is 300 Å². The predicted octanol–water partition coefficient (Wildman–Crippen LogP) is 12.7. The Morgan fingerprint density at radius 1 is 0.551 bits per heavy atom. The van der Waals surface area contributed by atoms with Gasteiger partial charge in [-0.3, -0.25) is 0 Å². The summed E-state index contributed by atoms with van der Waals surface area (Å²) in [6.45, 7) is 22.9. The van der Waals surface area contributed by atoms with Crippen LogP contribution in [0, 0.1) is 41.5 Å². The Morgan fingerprint density at radius 2 is 0.959 bits per heavy atom. The third kappa shape index (κ3) is 5.15. The second kappa shape index (κ2) is 11.7. The molecule has 0 saturated carbocycles. The summed E-state index contributed by atoms with van der Waals surface area (Å²) in [6, 6.07) is 22.3. The van der Waals surface area contributed by atoms with Gasteiger partial charge < -0.3 is 8.83 Å². The average Bonchev–Trinajstić information content (AvgIpc) is 3.88. The molecule has 2 nitrogen and oxygen atoms in total. The van der Waals surface area contributed by atoms with Gasteiger partial charge in [-0.2, -0.15) is 0 Å². The molecule has 2 aromatic carbocycles. The fraction of sp³-hybridized carbons (Fsp3) is 0.273. The van der Waals surface area contributed by atoms with Crippen LogP contribution in [-0.4, -0.2) is 18.6 Å². The largest absolute Gasteiger partial charge is 0.461 e. The zero-order valence-corrected chi connectivity index (χ0v) is 32.8. The number of aryl methyl sites for hydroxylation is 6. The zero-order valence-electron chi connectivity index (χ0n) is 30.2. The highest BCUT2D eigenvalue weighted by molar-refractivity contribution is 8.05. The SMILES string of the molecule is Cc1ccc(C)c(C2=C3C=C(c4ccc(C)o4)C([Si](C)(C)C4=C5SC(C)C(c6cc(C)ccc6C)=C5C=C4c4ccc(C)o4)=C3SC2C)c1. The Bertz CT molecular complexity index is 2130. The highest BCUT2D eigenvalue weighted by Gasteiger charge is 2.49. The van der Waals surface area contributed by atoms with Crippen molar-refractivity contribution >= 4 is 53.9 Å². The topological polar surface area (TPSA) is 26.3 Å². The Balaban J connectivity index is 1.40. The normalized spacial score (nSPS) is 20.6. The van der Waals surface area contributed by atoms with Crippen molar-refractivity contribution in [3.63, 3.8) is 0 Å². The smallest absolute Gasteiger partial charge is 0.134 e. The van der Waals surface area contributed by atoms with E-state index in [4.69, 9.17) is 8.83 Å². The molecule has 4 aliphatic rings. The number of hydrogen-bond donors (Lipinski definition) is 0. The van der Waals surface area contributed by atoms with E-state index in [1.54, 1.807) is 0 Å². The summed E-state index contributed by atoms with van der Waals surface area (Å²) in [5.74, 6) is 3.83. The fourth-order valence-corrected chi connectivity index (χ4v) is 16.1. The van der Waals surface area contributed by atoms with Crippen molar-refractivity contribution in [1.82, 2.24) is 0 Å². The summed E-state index contributed by atoms with van der Waals surface area (Å²) in [5.41, 5.74) is 16.2. The molecule has 0 radical (unpaired) electrons. The van der Waals surface area contributed by atoms with Gasteiger partial charge in [0, 0.05) is 31.5 Å². The van der Waals surface area contributed by atoms with Gasteiger partial charge in [-0.1, -0.05) is 60.6 Å². The van der Waals surface area contributed by atoms with E-state index in [9.17, 15) is 0 Å². The van der Waals surface area contributed by atoms with Crippen molar-refractivity contribution < 1.29 is 8.83 Å². The van der Waals surface area contributed by atoms with Crippen LogP contribution in [0.15, 0.2) is 113 Å². The van der Waals surface area contributed by atoms with E-state index in [1.807, 2.05) is 23.5 Å². The summed E-state index contributed by atoms with van der Waals surface area (Å²) in [4.78, 5) is 2.88. The zero-order chi connectivity index (χ0) is 34.5. The van der Waals surface area contributed by atoms with Gasteiger partial charge >= 0.3 is 0 Å². The molecule has 2 aromatic heterocycles. The summed E-state index contributed by atoms with van der Waals surface area (Å²) >= 11 is 4.09. The van der Waals surface area contributed by atoms with E-state index in [0.717, 1.165) is 23.0 Å². The highest BCUT2D eigenvalue weighted by Crippen LogP contribution is 2.62. The Morgan fingerprint density at radius 3 is 1.33 bits per heavy atom. The summed E-state index contributed by atoms with van der Waals surface area (Å²) < 4.78 is 12.9. The summed E-state index contributed by atoms with van der Waals surface area (Å²) in [6.07, 6.45) is 4.93. The van der Waals surface area contributed by atoms with Crippen LogP contribution in [0.2, 0.25) is 13.1 Å². The van der Waals surface area contributed by atoms with Crippen LogP contribution in [0.25, 0.3) is 22.3 Å². The van der Waals surface area contributed by atoms with Crippen molar-refractivity contribution in [2.24, 2.45) is 0 Å². The molecule has 0 saturated heterocycles. The first-order valence-corrected chi connectivity index (χ1v) is 22.1. The third-order valence-corrected chi connectivity index (χ3v) is 17.1. The molecule has 0 spiro atoms. The first kappa shape index (κ1) is 32.6. The number of thioether (sulfide) groups is 2. The molecule has 2 unspecified atom stereocenters. The molecule has 2 aliphatic heterocycles. The average molecular weight is 697 g/mol. The van der Waals surface area contributed by atoms with Crippen LogP contribution in [0.4, 0.5) is 0 Å². The first-order chi connectivity index (χ1) is 23.3. The minimum atomic E-state index is -2.46. The van der Waals surface area contributed by atoms with Crippen LogP contribution in [-0.2, 0) is 0 Å². The van der Waals surface area contributed by atoms with Crippen molar-refractivity contribution in [3.05, 3.63) is 161 Å². The number of benzene rings is 2. The first-order valence-electron chi connectivity index (χ1n) is 17.4. The minimum absolute atomic E-state index is 0.359. The molecule has 2 aliphatic carbocycles. The number of furan rings is 2. The molecule has 248 valence electrons. The van der Waals surface area contributed by atoms with Gasteiger partial charge in [-0.05, 0) is 147 Å². The molecule has 4 aromatic rings. The van der Waals surface area contributed by atoms with Gasteiger partial charge in [0.1, 0.15) is 31.1 Å². The summed E-state index contributed by atoms with van der Waals surface area (Å²) in [5, 5.41) is 3.69. The lowest BCUT2D eigenvalue weighted by Crippen LogP contribution is -2.34. The van der Waals surface area contributed by atoms with Gasteiger partial charge in [0.25, 0.3) is 0 Å². The Hall–Kier alpha value is -3.64. The van der Waals surface area contributed by atoms with E-state index >= 15 is 0 Å².